The molecule has 1 aromatic rings. The molecule has 0 atom stereocenters. The van der Waals surface area contributed by atoms with Gasteiger partial charge in [-0.15, -0.1) is 0 Å². The second-order valence-electron chi connectivity index (χ2n) is 7.04. The van der Waals surface area contributed by atoms with E-state index in [1.54, 1.807) is 39.0 Å². The van der Waals surface area contributed by atoms with Gasteiger partial charge >= 0.3 is 0 Å². The van der Waals surface area contributed by atoms with Crippen LogP contribution in [0, 0.1) is 11.8 Å². The number of ether oxygens (including phenoxy) is 3. The highest BCUT2D eigenvalue weighted by atomic mass is 16.5. The molecule has 2 rings (SSSR count). The topological polar surface area (TPSA) is 156 Å². The highest BCUT2D eigenvalue weighted by Crippen LogP contribution is 2.36. The summed E-state index contributed by atoms with van der Waals surface area (Å²) in [4.78, 5) is 8.65. The van der Waals surface area contributed by atoms with E-state index in [1.165, 1.54) is 11.2 Å². The van der Waals surface area contributed by atoms with Gasteiger partial charge in [0.05, 0.1) is 26.5 Å². The fraction of sp³-hybridized carbons (Fsp3) is 0.370. The first-order valence-electron chi connectivity index (χ1n) is 12.3. The summed E-state index contributed by atoms with van der Waals surface area (Å²) in [5.74, 6) is 7.89. The Morgan fingerprint density at radius 3 is 2.63 bits per heavy atom. The molecule has 11 nitrogen and oxygen atoms in total. The van der Waals surface area contributed by atoms with E-state index in [2.05, 4.69) is 40.2 Å². The van der Waals surface area contributed by atoms with E-state index in [0.717, 1.165) is 17.7 Å². The summed E-state index contributed by atoms with van der Waals surface area (Å²) >= 11 is 0. The van der Waals surface area contributed by atoms with Crippen molar-refractivity contribution in [1.29, 1.82) is 5.26 Å². The van der Waals surface area contributed by atoms with E-state index in [-0.39, 0.29) is 0 Å². The van der Waals surface area contributed by atoms with Crippen LogP contribution in [0.3, 0.4) is 0 Å². The summed E-state index contributed by atoms with van der Waals surface area (Å²) in [5.41, 5.74) is 7.75. The van der Waals surface area contributed by atoms with Crippen molar-refractivity contribution in [3.05, 3.63) is 65.6 Å². The van der Waals surface area contributed by atoms with Gasteiger partial charge in [-0.25, -0.2) is 11.1 Å². The average Bonchev–Trinajstić information content (AvgIpc) is 3.12. The summed E-state index contributed by atoms with van der Waals surface area (Å²) in [6.45, 7) is 12.8. The van der Waals surface area contributed by atoms with Crippen LogP contribution in [0.4, 0.5) is 0 Å². The van der Waals surface area contributed by atoms with Gasteiger partial charge in [-0.3, -0.25) is 9.98 Å². The maximum absolute atomic E-state index is 6.50. The largest absolute Gasteiger partial charge is 0.493 e. The maximum atomic E-state index is 6.50. The molecule has 0 fully saturated rings. The highest BCUT2D eigenvalue weighted by molar-refractivity contribution is 5.86. The van der Waals surface area contributed by atoms with Crippen LogP contribution in [-0.4, -0.2) is 51.4 Å². The number of benzene rings is 1. The SMILES string of the molecule is C#N.C/C=C(\C=C/CC)NCC1=C(NC=NC)Oc2cc(OC)c(OCCN(N)/C=C\N)cc2C=N1.CC. The summed E-state index contributed by atoms with van der Waals surface area (Å²) in [7, 11) is 3.24. The van der Waals surface area contributed by atoms with Gasteiger partial charge in [-0.05, 0) is 25.5 Å². The molecule has 0 radical (unpaired) electrons. The molecule has 0 aromatic heterocycles. The summed E-state index contributed by atoms with van der Waals surface area (Å²) in [5, 5.41) is 14.4. The van der Waals surface area contributed by atoms with E-state index in [1.807, 2.05) is 39.0 Å². The van der Waals surface area contributed by atoms with E-state index >= 15 is 0 Å². The molecule has 1 heterocycles. The first-order valence-corrected chi connectivity index (χ1v) is 12.3. The van der Waals surface area contributed by atoms with Crippen molar-refractivity contribution in [2.24, 2.45) is 21.6 Å². The van der Waals surface area contributed by atoms with E-state index in [9.17, 15) is 0 Å². The predicted octanol–water partition coefficient (Wildman–Crippen LogP) is 3.53. The lowest BCUT2D eigenvalue weighted by atomic mass is 10.2. The minimum Gasteiger partial charge on any atom is -0.493 e. The van der Waals surface area contributed by atoms with Crippen LogP contribution in [0.1, 0.15) is 39.7 Å². The number of nitriles is 1. The third-order valence-corrected chi connectivity index (χ3v) is 4.64. The second-order valence-corrected chi connectivity index (χ2v) is 7.04. The minimum atomic E-state index is 0.332. The lowest BCUT2D eigenvalue weighted by Gasteiger charge is -2.17. The molecule has 0 spiro atoms. The number of nitrogens with one attached hydrogen (secondary N) is 2. The maximum Gasteiger partial charge on any atom is 0.222 e. The smallest absolute Gasteiger partial charge is 0.222 e. The number of allylic oxidation sites excluding steroid dienone is 3. The molecule has 208 valence electrons. The van der Waals surface area contributed by atoms with Gasteiger partial charge < -0.3 is 35.6 Å². The lowest BCUT2D eigenvalue weighted by Crippen LogP contribution is -2.30. The first-order chi connectivity index (χ1) is 18.6. The zero-order chi connectivity index (χ0) is 28.8. The molecule has 0 aliphatic carbocycles. The Hall–Kier alpha value is -4.43. The molecular weight excluding hydrogens is 484 g/mol. The minimum absolute atomic E-state index is 0.332. The molecule has 38 heavy (non-hydrogen) atoms. The lowest BCUT2D eigenvalue weighted by molar-refractivity contribution is 0.246. The van der Waals surface area contributed by atoms with Crippen LogP contribution < -0.4 is 36.4 Å². The van der Waals surface area contributed by atoms with E-state index in [0.29, 0.717) is 48.5 Å². The van der Waals surface area contributed by atoms with Crippen LogP contribution >= 0.6 is 0 Å². The fourth-order valence-electron chi connectivity index (χ4n) is 2.89. The Morgan fingerprint density at radius 2 is 2.03 bits per heavy atom. The fourth-order valence-corrected chi connectivity index (χ4v) is 2.89. The third kappa shape index (κ3) is 11.5. The molecule has 1 aromatic carbocycles. The van der Waals surface area contributed by atoms with Crippen LogP contribution in [0.15, 0.2) is 70.0 Å². The second kappa shape index (κ2) is 20.7. The summed E-state index contributed by atoms with van der Waals surface area (Å²) in [6.07, 6.45) is 13.3. The number of hydrazine groups is 1. The van der Waals surface area contributed by atoms with Gasteiger partial charge in [-0.1, -0.05) is 32.9 Å². The van der Waals surface area contributed by atoms with Crippen LogP contribution in [0.25, 0.3) is 0 Å². The normalized spacial score (nSPS) is 12.6. The zero-order valence-electron chi connectivity index (χ0n) is 23.3. The molecule has 0 saturated carbocycles. The molecule has 0 saturated heterocycles. The van der Waals surface area contributed by atoms with Gasteiger partial charge in [0.15, 0.2) is 11.5 Å². The van der Waals surface area contributed by atoms with E-state index < -0.39 is 0 Å². The van der Waals surface area contributed by atoms with Crippen molar-refractivity contribution in [2.75, 3.05) is 33.9 Å². The van der Waals surface area contributed by atoms with Gasteiger partial charge in [0.2, 0.25) is 5.88 Å². The number of nitrogens with zero attached hydrogens (tertiary/aromatic N) is 4. The number of hydrogen-bond donors (Lipinski definition) is 4. The van der Waals surface area contributed by atoms with Gasteiger partial charge in [0.25, 0.3) is 0 Å². The third-order valence-electron chi connectivity index (χ3n) is 4.64. The van der Waals surface area contributed by atoms with Crippen molar-refractivity contribution in [2.45, 2.75) is 34.1 Å². The number of fused-ring (bicyclic) bond motifs is 1. The molecule has 0 unspecified atom stereocenters. The number of nitrogens with two attached hydrogens (primary N) is 2. The van der Waals surface area contributed by atoms with E-state index in [4.69, 9.17) is 31.0 Å². The number of aliphatic imine (C=N–C) groups is 2. The van der Waals surface area contributed by atoms with Crippen molar-refractivity contribution in [1.82, 2.24) is 15.6 Å². The molecule has 11 heteroatoms. The monoisotopic (exact) mass is 526 g/mol. The Balaban J connectivity index is 0.00000326. The van der Waals surface area contributed by atoms with Crippen molar-refractivity contribution < 1.29 is 14.2 Å². The van der Waals surface area contributed by atoms with Crippen molar-refractivity contribution in [3.63, 3.8) is 0 Å². The number of methoxy groups -OCH3 is 1. The van der Waals surface area contributed by atoms with Gasteiger partial charge in [0, 0.05) is 49.6 Å². The van der Waals surface area contributed by atoms with Crippen LogP contribution in [-0.2, 0) is 0 Å². The summed E-state index contributed by atoms with van der Waals surface area (Å²) < 4.78 is 17.6. The molecule has 0 bridgehead atoms. The van der Waals surface area contributed by atoms with Crippen molar-refractivity contribution >= 4 is 12.6 Å². The Kier molecular flexibility index (Phi) is 18.3. The van der Waals surface area contributed by atoms with Crippen LogP contribution in [0.5, 0.6) is 17.2 Å². The van der Waals surface area contributed by atoms with Gasteiger partial charge in [-0.2, -0.15) is 0 Å². The van der Waals surface area contributed by atoms with Gasteiger partial charge in [0.1, 0.15) is 18.1 Å². The zero-order valence-corrected chi connectivity index (χ0v) is 23.3. The molecule has 6 N–H and O–H groups in total. The predicted molar refractivity (Wildman–Crippen MR) is 155 cm³/mol. The Bertz CT molecular complexity index is 1030. The molecule has 1 aliphatic rings. The molecular formula is C27H42N8O3. The molecule has 1 aliphatic heterocycles. The Morgan fingerprint density at radius 1 is 1.29 bits per heavy atom. The van der Waals surface area contributed by atoms with Crippen LogP contribution in [0.2, 0.25) is 0 Å². The number of rotatable bonds is 13. The average molecular weight is 527 g/mol. The highest BCUT2D eigenvalue weighted by Gasteiger charge is 2.19. The summed E-state index contributed by atoms with van der Waals surface area (Å²) in [6, 6.07) is 3.58. The Labute approximate surface area is 226 Å². The molecule has 0 amide bonds. The standard InChI is InChI=1S/C24H35N7O3.C2H6.CHN/c1-5-7-8-19(6-2)28-16-20-24(30-17-27-3)34-21-14-22(32-4)23(13-18(21)15-29-20)33-12-11-31(26)10-9-25;2*1-2/h6-10,13-15,17,28H,5,11-12,16,25-26H2,1-4H3,(H,27,30);1-2H3;1H/b8-7-,10-9-,19-6+;;. The quantitative estimate of drug-likeness (QED) is 0.0992. The number of hydrogen-bond acceptors (Lipinski definition) is 10. The van der Waals surface area contributed by atoms with Crippen molar-refractivity contribution in [3.8, 4) is 23.8 Å². The first kappa shape index (κ1) is 33.6.